The van der Waals surface area contributed by atoms with E-state index < -0.39 is 10.0 Å². The van der Waals surface area contributed by atoms with Gasteiger partial charge in [0.2, 0.25) is 10.0 Å². The second kappa shape index (κ2) is 10.1. The monoisotopic (exact) mass is 489 g/mol. The minimum absolute atomic E-state index is 0.0174. The molecule has 2 amide bonds. The van der Waals surface area contributed by atoms with Crippen molar-refractivity contribution in [3.05, 3.63) is 35.5 Å². The topological polar surface area (TPSA) is 97.0 Å². The van der Waals surface area contributed by atoms with Crippen molar-refractivity contribution >= 4 is 32.7 Å². The van der Waals surface area contributed by atoms with Crippen LogP contribution in [0.2, 0.25) is 0 Å². The molecule has 2 fully saturated rings. The van der Waals surface area contributed by atoms with Crippen LogP contribution in [0.3, 0.4) is 0 Å². The number of benzene rings is 1. The SMILES string of the molecule is CCCS(=O)(=O)N1CCN(C(=O)c2cc3cc(C(=O)N4CCN(C(C)C)CC4)ccc3[nH]2)CC1. The van der Waals surface area contributed by atoms with Gasteiger partial charge in [0.15, 0.2) is 0 Å². The number of piperazine rings is 2. The molecule has 0 unspecified atom stereocenters. The van der Waals surface area contributed by atoms with E-state index in [1.165, 1.54) is 4.31 Å². The maximum Gasteiger partial charge on any atom is 0.270 e. The van der Waals surface area contributed by atoms with E-state index in [2.05, 4.69) is 23.7 Å². The molecular weight excluding hydrogens is 454 g/mol. The van der Waals surface area contributed by atoms with Gasteiger partial charge in [-0.25, -0.2) is 8.42 Å². The lowest BCUT2D eigenvalue weighted by atomic mass is 10.1. The Bertz CT molecular complexity index is 1140. The molecule has 1 N–H and O–H groups in total. The highest BCUT2D eigenvalue weighted by Gasteiger charge is 2.29. The van der Waals surface area contributed by atoms with E-state index in [0.29, 0.717) is 63.0 Å². The molecule has 2 aromatic rings. The molecule has 0 spiro atoms. The Balaban J connectivity index is 1.41. The van der Waals surface area contributed by atoms with Gasteiger partial charge in [-0.3, -0.25) is 14.5 Å². The summed E-state index contributed by atoms with van der Waals surface area (Å²) in [5, 5.41) is 0.819. The number of rotatable bonds is 6. The van der Waals surface area contributed by atoms with Crippen LogP contribution in [-0.4, -0.2) is 108 Å². The summed E-state index contributed by atoms with van der Waals surface area (Å²) < 4.78 is 26.0. The Morgan fingerprint density at radius 3 is 2.15 bits per heavy atom. The van der Waals surface area contributed by atoms with Gasteiger partial charge < -0.3 is 14.8 Å². The summed E-state index contributed by atoms with van der Waals surface area (Å²) in [6.45, 7) is 10.7. The molecule has 0 bridgehead atoms. The molecule has 2 saturated heterocycles. The molecule has 4 rings (SSSR count). The number of fused-ring (bicyclic) bond motifs is 1. The van der Waals surface area contributed by atoms with Crippen LogP contribution in [-0.2, 0) is 10.0 Å². The van der Waals surface area contributed by atoms with Crippen molar-refractivity contribution in [2.24, 2.45) is 0 Å². The fraction of sp³-hybridized carbons (Fsp3) is 0.583. The van der Waals surface area contributed by atoms with Gasteiger partial charge in [0, 0.05) is 74.9 Å². The van der Waals surface area contributed by atoms with Crippen LogP contribution < -0.4 is 0 Å². The van der Waals surface area contributed by atoms with Gasteiger partial charge in [-0.1, -0.05) is 6.92 Å². The van der Waals surface area contributed by atoms with E-state index in [1.807, 2.05) is 30.0 Å². The number of hydrogen-bond acceptors (Lipinski definition) is 5. The zero-order valence-corrected chi connectivity index (χ0v) is 21.1. The number of sulfonamides is 1. The Kier molecular flexibility index (Phi) is 7.30. The number of carbonyl (C=O) groups excluding carboxylic acids is 2. The number of nitrogens with one attached hydrogen (secondary N) is 1. The number of amides is 2. The Morgan fingerprint density at radius 2 is 1.53 bits per heavy atom. The number of aromatic amines is 1. The van der Waals surface area contributed by atoms with E-state index in [-0.39, 0.29) is 17.6 Å². The summed E-state index contributed by atoms with van der Waals surface area (Å²) in [4.78, 5) is 35.2. The van der Waals surface area contributed by atoms with Crippen molar-refractivity contribution in [1.29, 1.82) is 0 Å². The van der Waals surface area contributed by atoms with Crippen molar-refractivity contribution in [3.8, 4) is 0 Å². The Hall–Kier alpha value is -2.43. The first-order valence-corrected chi connectivity index (χ1v) is 13.7. The van der Waals surface area contributed by atoms with Crippen molar-refractivity contribution in [1.82, 2.24) is 24.0 Å². The summed E-state index contributed by atoms with van der Waals surface area (Å²) in [6.07, 6.45) is 0.579. The average Bonchev–Trinajstić information content (AvgIpc) is 3.26. The van der Waals surface area contributed by atoms with Gasteiger partial charge in [0.05, 0.1) is 5.75 Å². The third-order valence-corrected chi connectivity index (χ3v) is 8.89. The summed E-state index contributed by atoms with van der Waals surface area (Å²) in [6, 6.07) is 7.76. The van der Waals surface area contributed by atoms with Gasteiger partial charge in [-0.2, -0.15) is 4.31 Å². The van der Waals surface area contributed by atoms with Crippen molar-refractivity contribution in [2.75, 3.05) is 58.1 Å². The summed E-state index contributed by atoms with van der Waals surface area (Å²) in [7, 11) is -3.25. The molecule has 2 aliphatic heterocycles. The highest BCUT2D eigenvalue weighted by Crippen LogP contribution is 2.21. The van der Waals surface area contributed by atoms with Crippen LogP contribution >= 0.6 is 0 Å². The molecule has 34 heavy (non-hydrogen) atoms. The van der Waals surface area contributed by atoms with Gasteiger partial charge in [-0.05, 0) is 44.5 Å². The summed E-state index contributed by atoms with van der Waals surface area (Å²) in [5.74, 6) is 0.00228. The average molecular weight is 490 g/mol. The predicted molar refractivity (Wildman–Crippen MR) is 132 cm³/mol. The lowest BCUT2D eigenvalue weighted by Crippen LogP contribution is -2.51. The molecule has 1 aromatic heterocycles. The van der Waals surface area contributed by atoms with Crippen molar-refractivity contribution < 1.29 is 18.0 Å². The lowest BCUT2D eigenvalue weighted by Gasteiger charge is -2.37. The van der Waals surface area contributed by atoms with Crippen LogP contribution in [0.1, 0.15) is 48.0 Å². The van der Waals surface area contributed by atoms with E-state index >= 15 is 0 Å². The first-order chi connectivity index (χ1) is 16.2. The summed E-state index contributed by atoms with van der Waals surface area (Å²) >= 11 is 0. The van der Waals surface area contributed by atoms with Gasteiger partial charge in [0.1, 0.15) is 5.69 Å². The molecule has 9 nitrogen and oxygen atoms in total. The molecule has 0 atom stereocenters. The Labute approximate surface area is 201 Å². The highest BCUT2D eigenvalue weighted by atomic mass is 32.2. The Morgan fingerprint density at radius 1 is 0.912 bits per heavy atom. The first kappa shape index (κ1) is 24.7. The first-order valence-electron chi connectivity index (χ1n) is 12.1. The largest absolute Gasteiger partial charge is 0.351 e. The number of nitrogens with zero attached hydrogens (tertiary/aromatic N) is 4. The van der Waals surface area contributed by atoms with E-state index in [1.54, 1.807) is 11.0 Å². The van der Waals surface area contributed by atoms with Crippen LogP contribution in [0.4, 0.5) is 0 Å². The lowest BCUT2D eigenvalue weighted by molar-refractivity contribution is 0.0595. The number of hydrogen-bond donors (Lipinski definition) is 1. The van der Waals surface area contributed by atoms with E-state index in [9.17, 15) is 18.0 Å². The molecule has 0 aliphatic carbocycles. The highest BCUT2D eigenvalue weighted by molar-refractivity contribution is 7.89. The van der Waals surface area contributed by atoms with Crippen molar-refractivity contribution in [2.45, 2.75) is 33.2 Å². The maximum absolute atomic E-state index is 13.1. The second-order valence-electron chi connectivity index (χ2n) is 9.41. The molecular formula is C24H35N5O4S. The van der Waals surface area contributed by atoms with Crippen LogP contribution in [0, 0.1) is 0 Å². The molecule has 0 saturated carbocycles. The normalized spacial score (nSPS) is 18.7. The fourth-order valence-electron chi connectivity index (χ4n) is 4.73. The van der Waals surface area contributed by atoms with Crippen molar-refractivity contribution in [3.63, 3.8) is 0 Å². The smallest absolute Gasteiger partial charge is 0.270 e. The molecule has 0 radical (unpaired) electrons. The zero-order valence-electron chi connectivity index (χ0n) is 20.3. The molecule has 3 heterocycles. The van der Waals surface area contributed by atoms with Crippen LogP contribution in [0.5, 0.6) is 0 Å². The zero-order chi connectivity index (χ0) is 24.5. The standard InChI is InChI=1S/C24H35N5O4S/c1-4-15-34(32,33)29-13-11-28(12-14-29)24(31)22-17-20-16-19(5-6-21(20)25-22)23(30)27-9-7-26(8-10-27)18(2)3/h5-6,16-18,25H,4,7-15H2,1-3H3. The third-order valence-electron chi connectivity index (χ3n) is 6.81. The van der Waals surface area contributed by atoms with Crippen LogP contribution in [0.15, 0.2) is 24.3 Å². The molecule has 2 aliphatic rings. The minimum atomic E-state index is -3.25. The number of carbonyl (C=O) groups is 2. The molecule has 10 heteroatoms. The van der Waals surface area contributed by atoms with Gasteiger partial charge >= 0.3 is 0 Å². The predicted octanol–water partition coefficient (Wildman–Crippen LogP) is 1.83. The van der Waals surface area contributed by atoms with Gasteiger partial charge in [0.25, 0.3) is 11.8 Å². The number of aromatic nitrogens is 1. The minimum Gasteiger partial charge on any atom is -0.351 e. The quantitative estimate of drug-likeness (QED) is 0.668. The maximum atomic E-state index is 13.1. The molecule has 186 valence electrons. The third kappa shape index (κ3) is 5.13. The fourth-order valence-corrected chi connectivity index (χ4v) is 6.23. The van der Waals surface area contributed by atoms with Gasteiger partial charge in [-0.15, -0.1) is 0 Å². The van der Waals surface area contributed by atoms with E-state index in [4.69, 9.17) is 0 Å². The molecule has 1 aromatic carbocycles. The number of H-pyrrole nitrogens is 1. The summed E-state index contributed by atoms with van der Waals surface area (Å²) in [5.41, 5.74) is 1.88. The van der Waals surface area contributed by atoms with E-state index in [0.717, 1.165) is 24.0 Å². The van der Waals surface area contributed by atoms with Crippen LogP contribution in [0.25, 0.3) is 10.9 Å². The second-order valence-corrected chi connectivity index (χ2v) is 11.5.